The third kappa shape index (κ3) is 6.58. The van der Waals surface area contributed by atoms with Crippen LogP contribution >= 0.6 is 0 Å². The van der Waals surface area contributed by atoms with Crippen LogP contribution in [0.4, 0.5) is 0 Å². The Balaban J connectivity index is 2.51. The van der Waals surface area contributed by atoms with Crippen molar-refractivity contribution in [3.63, 3.8) is 0 Å². The molecule has 0 aromatic rings. The van der Waals surface area contributed by atoms with E-state index in [-0.39, 0.29) is 0 Å². The van der Waals surface area contributed by atoms with Gasteiger partial charge in [0.25, 0.3) is 0 Å². The van der Waals surface area contributed by atoms with E-state index in [0.29, 0.717) is 12.1 Å². The monoisotopic (exact) mass is 283 g/mol. The van der Waals surface area contributed by atoms with Gasteiger partial charge in [-0.15, -0.1) is 0 Å². The average Bonchev–Trinajstić information content (AvgIpc) is 2.45. The molecule has 120 valence electrons. The lowest BCUT2D eigenvalue weighted by molar-refractivity contribution is 0.00537. The fourth-order valence-electron chi connectivity index (χ4n) is 3.61. The third-order valence-electron chi connectivity index (χ3n) is 4.74. The van der Waals surface area contributed by atoms with Crippen LogP contribution in [-0.4, -0.2) is 25.8 Å². The second-order valence-electron chi connectivity index (χ2n) is 6.98. The summed E-state index contributed by atoms with van der Waals surface area (Å²) in [4.78, 5) is 0. The van der Waals surface area contributed by atoms with Gasteiger partial charge in [-0.25, -0.2) is 0 Å². The highest BCUT2D eigenvalue weighted by molar-refractivity contribution is 4.85. The Morgan fingerprint density at radius 2 is 1.80 bits per heavy atom. The predicted molar refractivity (Wildman–Crippen MR) is 88.1 cm³/mol. The van der Waals surface area contributed by atoms with E-state index in [1.165, 1.54) is 57.8 Å². The minimum Gasteiger partial charge on any atom is -0.380 e. The molecule has 1 saturated carbocycles. The summed E-state index contributed by atoms with van der Waals surface area (Å²) in [5, 5.41) is 3.77. The van der Waals surface area contributed by atoms with Gasteiger partial charge in [0.15, 0.2) is 0 Å². The average molecular weight is 284 g/mol. The maximum absolute atomic E-state index is 5.94. The van der Waals surface area contributed by atoms with Crippen molar-refractivity contribution in [1.29, 1.82) is 0 Å². The minimum atomic E-state index is 0.425. The van der Waals surface area contributed by atoms with Crippen LogP contribution in [0.3, 0.4) is 0 Å². The topological polar surface area (TPSA) is 21.3 Å². The lowest BCUT2D eigenvalue weighted by Crippen LogP contribution is -2.46. The Hall–Kier alpha value is -0.0800. The van der Waals surface area contributed by atoms with E-state index in [1.807, 2.05) is 7.11 Å². The van der Waals surface area contributed by atoms with E-state index in [0.717, 1.165) is 18.4 Å². The van der Waals surface area contributed by atoms with E-state index in [4.69, 9.17) is 4.74 Å². The maximum atomic E-state index is 5.94. The molecule has 2 nitrogen and oxygen atoms in total. The first-order chi connectivity index (χ1) is 9.69. The van der Waals surface area contributed by atoms with Gasteiger partial charge in [-0.3, -0.25) is 0 Å². The SMILES string of the molecule is CCCNC(CCCC(C)C)C(OC)C1CCCCC1. The van der Waals surface area contributed by atoms with Crippen molar-refractivity contribution in [3.05, 3.63) is 0 Å². The van der Waals surface area contributed by atoms with Crippen molar-refractivity contribution in [2.24, 2.45) is 11.8 Å². The van der Waals surface area contributed by atoms with Crippen molar-refractivity contribution in [1.82, 2.24) is 5.32 Å². The maximum Gasteiger partial charge on any atom is 0.0752 e. The summed E-state index contributed by atoms with van der Waals surface area (Å²) in [7, 11) is 1.92. The molecule has 1 aliphatic rings. The van der Waals surface area contributed by atoms with Crippen LogP contribution < -0.4 is 5.32 Å². The van der Waals surface area contributed by atoms with Gasteiger partial charge < -0.3 is 10.1 Å². The van der Waals surface area contributed by atoms with E-state index >= 15 is 0 Å². The summed E-state index contributed by atoms with van der Waals surface area (Å²) >= 11 is 0. The number of hydrogen-bond donors (Lipinski definition) is 1. The van der Waals surface area contributed by atoms with Gasteiger partial charge in [-0.05, 0) is 44.1 Å². The fraction of sp³-hybridized carbons (Fsp3) is 1.00. The first-order valence-corrected chi connectivity index (χ1v) is 8.95. The van der Waals surface area contributed by atoms with E-state index in [1.54, 1.807) is 0 Å². The number of rotatable bonds is 10. The zero-order chi connectivity index (χ0) is 14.8. The zero-order valence-electron chi connectivity index (χ0n) is 14.3. The first kappa shape index (κ1) is 18.0. The summed E-state index contributed by atoms with van der Waals surface area (Å²) in [6.07, 6.45) is 12.5. The third-order valence-corrected chi connectivity index (χ3v) is 4.74. The fourth-order valence-corrected chi connectivity index (χ4v) is 3.61. The molecule has 0 aromatic heterocycles. The molecule has 2 heteroatoms. The zero-order valence-corrected chi connectivity index (χ0v) is 14.3. The molecule has 2 unspecified atom stereocenters. The molecule has 0 bridgehead atoms. The van der Waals surface area contributed by atoms with Crippen molar-refractivity contribution < 1.29 is 4.74 Å². The molecule has 1 fully saturated rings. The first-order valence-electron chi connectivity index (χ1n) is 8.95. The lowest BCUT2D eigenvalue weighted by atomic mass is 9.81. The van der Waals surface area contributed by atoms with Crippen molar-refractivity contribution in [3.8, 4) is 0 Å². The molecular formula is C18H37NO. The standard InChI is InChI=1S/C18H37NO/c1-5-14-19-17(13-9-10-15(2)3)18(20-4)16-11-7-6-8-12-16/h15-19H,5-14H2,1-4H3. The van der Waals surface area contributed by atoms with Gasteiger partial charge >= 0.3 is 0 Å². The predicted octanol–water partition coefficient (Wildman–Crippen LogP) is 4.78. The van der Waals surface area contributed by atoms with Crippen LogP contribution in [0.2, 0.25) is 0 Å². The molecule has 1 rings (SSSR count). The summed E-state index contributed by atoms with van der Waals surface area (Å²) in [5.41, 5.74) is 0. The highest BCUT2D eigenvalue weighted by Crippen LogP contribution is 2.30. The van der Waals surface area contributed by atoms with Gasteiger partial charge in [0.1, 0.15) is 0 Å². The molecule has 0 radical (unpaired) electrons. The molecular weight excluding hydrogens is 246 g/mol. The number of hydrogen-bond acceptors (Lipinski definition) is 2. The summed E-state index contributed by atoms with van der Waals surface area (Å²) in [6.45, 7) is 8.02. The van der Waals surface area contributed by atoms with E-state index in [9.17, 15) is 0 Å². The Morgan fingerprint density at radius 1 is 1.10 bits per heavy atom. The van der Waals surface area contributed by atoms with Crippen molar-refractivity contribution in [2.75, 3.05) is 13.7 Å². The molecule has 0 aromatic carbocycles. The normalized spacial score (nSPS) is 20.2. The molecule has 1 N–H and O–H groups in total. The lowest BCUT2D eigenvalue weighted by Gasteiger charge is -2.35. The summed E-state index contributed by atoms with van der Waals surface area (Å²) < 4.78 is 5.94. The van der Waals surface area contributed by atoms with Crippen LogP contribution in [0.5, 0.6) is 0 Å². The van der Waals surface area contributed by atoms with Crippen molar-refractivity contribution >= 4 is 0 Å². The van der Waals surface area contributed by atoms with Crippen LogP contribution in [-0.2, 0) is 4.74 Å². The Morgan fingerprint density at radius 3 is 2.35 bits per heavy atom. The summed E-state index contributed by atoms with van der Waals surface area (Å²) in [5.74, 6) is 1.60. The van der Waals surface area contributed by atoms with Gasteiger partial charge in [-0.1, -0.05) is 52.9 Å². The Kier molecular flexibility index (Phi) is 9.54. The van der Waals surface area contributed by atoms with Gasteiger partial charge in [0.2, 0.25) is 0 Å². The second-order valence-corrected chi connectivity index (χ2v) is 6.98. The smallest absolute Gasteiger partial charge is 0.0752 e. The van der Waals surface area contributed by atoms with E-state index < -0.39 is 0 Å². The Labute approximate surface area is 127 Å². The Bertz CT molecular complexity index is 223. The molecule has 2 atom stereocenters. The van der Waals surface area contributed by atoms with Gasteiger partial charge in [0.05, 0.1) is 6.10 Å². The molecule has 0 saturated heterocycles. The molecule has 0 amide bonds. The van der Waals surface area contributed by atoms with Crippen LogP contribution in [0.1, 0.15) is 78.6 Å². The van der Waals surface area contributed by atoms with Gasteiger partial charge in [-0.2, -0.15) is 0 Å². The van der Waals surface area contributed by atoms with Crippen molar-refractivity contribution in [2.45, 2.75) is 90.7 Å². The van der Waals surface area contributed by atoms with Crippen LogP contribution in [0.15, 0.2) is 0 Å². The van der Waals surface area contributed by atoms with Crippen LogP contribution in [0.25, 0.3) is 0 Å². The molecule has 0 aliphatic heterocycles. The molecule has 0 heterocycles. The van der Waals surface area contributed by atoms with Gasteiger partial charge in [0, 0.05) is 13.2 Å². The highest BCUT2D eigenvalue weighted by atomic mass is 16.5. The second kappa shape index (κ2) is 10.6. The van der Waals surface area contributed by atoms with Crippen LogP contribution in [0, 0.1) is 11.8 Å². The molecule has 0 spiro atoms. The molecule has 20 heavy (non-hydrogen) atoms. The molecule has 1 aliphatic carbocycles. The largest absolute Gasteiger partial charge is 0.380 e. The number of nitrogens with one attached hydrogen (secondary N) is 1. The quantitative estimate of drug-likeness (QED) is 0.623. The highest BCUT2D eigenvalue weighted by Gasteiger charge is 2.29. The number of ether oxygens (including phenoxy) is 1. The number of methoxy groups -OCH3 is 1. The van der Waals surface area contributed by atoms with E-state index in [2.05, 4.69) is 26.1 Å². The minimum absolute atomic E-state index is 0.425. The summed E-state index contributed by atoms with van der Waals surface area (Å²) in [6, 6.07) is 0.557.